The van der Waals surface area contributed by atoms with Gasteiger partial charge in [0.2, 0.25) is 5.91 Å². The number of hydrogen-bond donors (Lipinski definition) is 3. The number of rotatable bonds is 13. The number of carboxylic acids is 1. The largest absolute Gasteiger partial charge is 0.496 e. The molecule has 4 unspecified atom stereocenters. The highest BCUT2D eigenvalue weighted by Crippen LogP contribution is 2.44. The minimum Gasteiger partial charge on any atom is -0.496 e. The van der Waals surface area contributed by atoms with Crippen LogP contribution in [0.5, 0.6) is 5.75 Å². The monoisotopic (exact) mass is 641 g/mol. The summed E-state index contributed by atoms with van der Waals surface area (Å²) in [5.74, 6) is 0.283. The summed E-state index contributed by atoms with van der Waals surface area (Å²) in [5.41, 5.74) is 5.62. The highest BCUT2D eigenvalue weighted by atomic mass is 32.2. The first kappa shape index (κ1) is 33.2. The Morgan fingerprint density at radius 3 is 2.33 bits per heavy atom. The number of aliphatic carboxylic acids is 1. The molecule has 0 spiro atoms. The topological polar surface area (TPSA) is 114 Å². The van der Waals surface area contributed by atoms with Gasteiger partial charge in [0.1, 0.15) is 5.75 Å². The normalized spacial score (nSPS) is 19.4. The van der Waals surface area contributed by atoms with Gasteiger partial charge in [-0.1, -0.05) is 79.7 Å². The number of thioether (sulfide) groups is 1. The molecular weight excluding hydrogens is 602 g/mol. The van der Waals surface area contributed by atoms with Crippen molar-refractivity contribution in [2.45, 2.75) is 56.3 Å². The maximum Gasteiger partial charge on any atom is 0.303 e. The Hall–Kier alpha value is -4.15. The molecule has 0 bridgehead atoms. The Bertz CT molecular complexity index is 1630. The van der Waals surface area contributed by atoms with Crippen molar-refractivity contribution in [2.24, 2.45) is 5.92 Å². The molecule has 1 heterocycles. The summed E-state index contributed by atoms with van der Waals surface area (Å²) in [6.07, 6.45) is -1.22. The van der Waals surface area contributed by atoms with Crippen molar-refractivity contribution in [3.63, 3.8) is 0 Å². The van der Waals surface area contributed by atoms with Crippen LogP contribution in [-0.2, 0) is 32.2 Å². The number of ether oxygens (including phenoxy) is 3. The molecule has 1 amide bonds. The van der Waals surface area contributed by atoms with E-state index in [0.717, 1.165) is 44.0 Å². The van der Waals surface area contributed by atoms with E-state index in [1.165, 1.54) is 0 Å². The summed E-state index contributed by atoms with van der Waals surface area (Å²) in [6, 6.07) is 31.8. The molecule has 0 radical (unpaired) electrons. The maximum absolute atomic E-state index is 12.0. The third-order valence-electron chi connectivity index (χ3n) is 8.07. The van der Waals surface area contributed by atoms with Crippen LogP contribution in [0, 0.1) is 5.92 Å². The van der Waals surface area contributed by atoms with E-state index in [1.807, 2.05) is 84.9 Å². The first-order valence-corrected chi connectivity index (χ1v) is 16.3. The molecule has 4 aromatic rings. The van der Waals surface area contributed by atoms with Gasteiger partial charge in [-0.3, -0.25) is 9.59 Å². The zero-order valence-electron chi connectivity index (χ0n) is 25.9. The zero-order chi connectivity index (χ0) is 32.5. The molecule has 1 fully saturated rings. The second kappa shape index (κ2) is 15.9. The molecule has 0 saturated carbocycles. The third-order valence-corrected chi connectivity index (χ3v) is 9.21. The number of hydrogen-bond acceptors (Lipinski definition) is 7. The van der Waals surface area contributed by atoms with E-state index in [2.05, 4.69) is 24.4 Å². The molecule has 0 aromatic heterocycles. The van der Waals surface area contributed by atoms with Crippen molar-refractivity contribution in [3.8, 4) is 16.9 Å². The number of nitrogens with one attached hydrogen (secondary N) is 1. The zero-order valence-corrected chi connectivity index (χ0v) is 26.7. The Morgan fingerprint density at radius 2 is 1.59 bits per heavy atom. The van der Waals surface area contributed by atoms with Crippen molar-refractivity contribution in [1.82, 2.24) is 5.32 Å². The van der Waals surface area contributed by atoms with Crippen LogP contribution in [0.25, 0.3) is 11.1 Å². The van der Waals surface area contributed by atoms with Gasteiger partial charge in [-0.05, 0) is 52.1 Å². The molecule has 1 aliphatic rings. The molecule has 5 rings (SSSR count). The van der Waals surface area contributed by atoms with E-state index in [9.17, 15) is 14.7 Å². The third kappa shape index (κ3) is 8.55. The van der Waals surface area contributed by atoms with E-state index in [4.69, 9.17) is 19.3 Å². The van der Waals surface area contributed by atoms with Crippen LogP contribution < -0.4 is 10.1 Å². The molecule has 3 N–H and O–H groups in total. The lowest BCUT2D eigenvalue weighted by Gasteiger charge is -2.41. The van der Waals surface area contributed by atoms with Gasteiger partial charge in [-0.2, -0.15) is 0 Å². The lowest BCUT2D eigenvalue weighted by molar-refractivity contribution is -0.268. The summed E-state index contributed by atoms with van der Waals surface area (Å²) < 4.78 is 18.9. The highest BCUT2D eigenvalue weighted by Gasteiger charge is 2.38. The quantitative estimate of drug-likeness (QED) is 0.135. The van der Waals surface area contributed by atoms with Crippen molar-refractivity contribution in [2.75, 3.05) is 12.9 Å². The molecule has 1 saturated heterocycles. The number of aliphatic hydroxyl groups is 1. The predicted octanol–water partition coefficient (Wildman–Crippen LogP) is 6.92. The fraction of sp³-hybridized carbons (Fsp3) is 0.297. The second-order valence-corrected chi connectivity index (χ2v) is 12.3. The van der Waals surface area contributed by atoms with Crippen molar-refractivity contribution < 1.29 is 34.0 Å². The fourth-order valence-electron chi connectivity index (χ4n) is 5.46. The summed E-state index contributed by atoms with van der Waals surface area (Å²) in [6.45, 7) is 2.44. The van der Waals surface area contributed by atoms with Crippen LogP contribution in [0.15, 0.2) is 102 Å². The van der Waals surface area contributed by atoms with Gasteiger partial charge in [0.15, 0.2) is 6.29 Å². The van der Waals surface area contributed by atoms with Crippen LogP contribution in [0.1, 0.15) is 54.4 Å². The van der Waals surface area contributed by atoms with Gasteiger partial charge in [0.05, 0.1) is 32.3 Å². The van der Waals surface area contributed by atoms with Gasteiger partial charge in [-0.25, -0.2) is 0 Å². The number of amides is 1. The molecule has 1 aliphatic heterocycles. The number of benzene rings is 4. The summed E-state index contributed by atoms with van der Waals surface area (Å²) in [7, 11) is 1.68. The molecule has 0 aliphatic carbocycles. The highest BCUT2D eigenvalue weighted by molar-refractivity contribution is 7.99. The lowest BCUT2D eigenvalue weighted by atomic mass is 9.91. The molecule has 8 nitrogen and oxygen atoms in total. The predicted molar refractivity (Wildman–Crippen MR) is 177 cm³/mol. The second-order valence-electron chi connectivity index (χ2n) is 11.3. The molecule has 4 atom stereocenters. The van der Waals surface area contributed by atoms with E-state index in [1.54, 1.807) is 18.9 Å². The SMILES string of the molecule is COc1ccccc1SCC1OC(c2cccc(-c3cccc(CNC(=O)CCC(=O)O)c3)c2)OC(c2ccc(CO)cc2)C1C. The number of para-hydroxylation sites is 1. The van der Waals surface area contributed by atoms with E-state index >= 15 is 0 Å². The Morgan fingerprint density at radius 1 is 0.848 bits per heavy atom. The first-order valence-electron chi connectivity index (χ1n) is 15.3. The standard InChI is InChI=1S/C37H39NO7S/c1-24-32(23-46-33-12-4-3-11-31(33)43-2)44-37(45-36(24)27-15-13-25(22-39)14-16-27)30-10-6-9-29(20-30)28-8-5-7-26(19-28)21-38-34(40)17-18-35(41)42/h3-16,19-20,24,32,36-37,39H,17-18,21-23H2,1-2H3,(H,38,40)(H,41,42). The number of methoxy groups -OCH3 is 1. The van der Waals surface area contributed by atoms with Crippen molar-refractivity contribution >= 4 is 23.6 Å². The maximum atomic E-state index is 12.0. The van der Waals surface area contributed by atoms with Gasteiger partial charge < -0.3 is 29.7 Å². The lowest BCUT2D eigenvalue weighted by Crippen LogP contribution is -2.38. The summed E-state index contributed by atoms with van der Waals surface area (Å²) in [5, 5.41) is 21.2. The average molecular weight is 642 g/mol. The molecule has 240 valence electrons. The summed E-state index contributed by atoms with van der Waals surface area (Å²) in [4.78, 5) is 23.9. The van der Waals surface area contributed by atoms with E-state index in [-0.39, 0.29) is 43.5 Å². The smallest absolute Gasteiger partial charge is 0.303 e. The van der Waals surface area contributed by atoms with E-state index in [0.29, 0.717) is 12.3 Å². The number of aliphatic hydroxyl groups excluding tert-OH is 1. The molecule has 4 aromatic carbocycles. The van der Waals surface area contributed by atoms with Crippen LogP contribution in [0.3, 0.4) is 0 Å². The van der Waals surface area contributed by atoms with Crippen LogP contribution in [0.4, 0.5) is 0 Å². The van der Waals surface area contributed by atoms with E-state index < -0.39 is 12.3 Å². The van der Waals surface area contributed by atoms with Crippen molar-refractivity contribution in [3.05, 3.63) is 119 Å². The first-order chi connectivity index (χ1) is 22.3. The van der Waals surface area contributed by atoms with Gasteiger partial charge in [0, 0.05) is 35.1 Å². The molecule has 46 heavy (non-hydrogen) atoms. The number of carboxylic acid groups (broad SMARTS) is 1. The Kier molecular flexibility index (Phi) is 11.5. The minimum absolute atomic E-state index is 0.0175. The van der Waals surface area contributed by atoms with Gasteiger partial charge >= 0.3 is 5.97 Å². The molecular formula is C37H39NO7S. The van der Waals surface area contributed by atoms with Crippen LogP contribution >= 0.6 is 11.8 Å². The minimum atomic E-state index is -0.996. The average Bonchev–Trinajstić information content (AvgIpc) is 3.09. The van der Waals surface area contributed by atoms with Crippen LogP contribution in [-0.4, -0.2) is 41.1 Å². The number of carbonyl (C=O) groups excluding carboxylic acids is 1. The number of carbonyl (C=O) groups is 2. The van der Waals surface area contributed by atoms with Crippen LogP contribution in [0.2, 0.25) is 0 Å². The Labute approximate surface area is 273 Å². The van der Waals surface area contributed by atoms with Gasteiger partial charge in [0.25, 0.3) is 0 Å². The van der Waals surface area contributed by atoms with Crippen molar-refractivity contribution in [1.29, 1.82) is 0 Å². The van der Waals surface area contributed by atoms with Gasteiger partial charge in [-0.15, -0.1) is 11.8 Å². The summed E-state index contributed by atoms with van der Waals surface area (Å²) >= 11 is 1.70. The fourth-order valence-corrected chi connectivity index (χ4v) is 6.65. The Balaban J connectivity index is 1.37. The molecule has 9 heteroatoms.